The SMILES string of the molecule is CCCN(C(=O)[C@H]1CCc2c(sc3ncnc(Nc4cc5c(cc4OC)N[NH2+]S5)c23)C1)C(C)C. The number of fused-ring (bicyclic) bond motifs is 4. The van der Waals surface area contributed by atoms with E-state index in [1.165, 1.54) is 10.4 Å². The molecule has 1 aliphatic heterocycles. The van der Waals surface area contributed by atoms with E-state index in [0.717, 1.165) is 70.3 Å². The molecule has 0 fully saturated rings. The summed E-state index contributed by atoms with van der Waals surface area (Å²) in [6.07, 6.45) is 5.10. The van der Waals surface area contributed by atoms with Crippen molar-refractivity contribution in [2.24, 2.45) is 5.92 Å². The number of nitrogen functional groups attached to an aromatic ring is 1. The maximum Gasteiger partial charge on any atom is 0.226 e. The molecule has 0 bridgehead atoms. The van der Waals surface area contributed by atoms with E-state index in [0.29, 0.717) is 0 Å². The van der Waals surface area contributed by atoms with Gasteiger partial charge in [-0.2, -0.15) is 4.83 Å². The Labute approximate surface area is 208 Å². The van der Waals surface area contributed by atoms with Gasteiger partial charge in [0.05, 0.1) is 23.1 Å². The maximum absolute atomic E-state index is 13.3. The van der Waals surface area contributed by atoms with Crippen molar-refractivity contribution >= 4 is 56.6 Å². The molecule has 3 heterocycles. The number of methoxy groups -OCH3 is 1. The molecule has 0 unspecified atom stereocenters. The van der Waals surface area contributed by atoms with Gasteiger partial charge in [-0.25, -0.2) is 15.4 Å². The lowest BCUT2D eigenvalue weighted by atomic mass is 9.86. The average molecular weight is 500 g/mol. The largest absolute Gasteiger partial charge is 0.494 e. The number of ether oxygens (including phenoxy) is 1. The van der Waals surface area contributed by atoms with Crippen LogP contribution >= 0.6 is 23.3 Å². The van der Waals surface area contributed by atoms with E-state index in [1.807, 2.05) is 15.8 Å². The average Bonchev–Trinajstić information content (AvgIpc) is 3.45. The number of nitrogens with one attached hydrogen (secondary N) is 2. The molecular weight excluding hydrogens is 468 g/mol. The second kappa shape index (κ2) is 9.59. The van der Waals surface area contributed by atoms with Crippen LogP contribution in [0, 0.1) is 5.92 Å². The van der Waals surface area contributed by atoms with E-state index in [2.05, 4.69) is 47.5 Å². The summed E-state index contributed by atoms with van der Waals surface area (Å²) in [7, 11) is 1.68. The third-order valence-corrected chi connectivity index (χ3v) is 8.51. The number of amides is 1. The van der Waals surface area contributed by atoms with Crippen molar-refractivity contribution in [2.45, 2.75) is 57.4 Å². The highest BCUT2D eigenvalue weighted by molar-refractivity contribution is 7.93. The van der Waals surface area contributed by atoms with Gasteiger partial charge in [0.1, 0.15) is 40.4 Å². The third kappa shape index (κ3) is 4.18. The van der Waals surface area contributed by atoms with Gasteiger partial charge in [0.15, 0.2) is 0 Å². The lowest BCUT2D eigenvalue weighted by molar-refractivity contribution is -0.438. The van der Waals surface area contributed by atoms with Gasteiger partial charge in [0.2, 0.25) is 5.91 Å². The number of hydrogen-bond acceptors (Lipinski definition) is 8. The molecular formula is C24H31N6O2S2+. The molecule has 180 valence electrons. The van der Waals surface area contributed by atoms with Crippen LogP contribution < -0.4 is 20.3 Å². The molecule has 1 atom stereocenters. The Bertz CT molecular complexity index is 1230. The molecule has 0 spiro atoms. The number of aryl methyl sites for hydroxylation is 1. The number of nitrogens with zero attached hydrogens (tertiary/aromatic N) is 3. The Balaban J connectivity index is 1.45. The predicted octanol–water partition coefficient (Wildman–Crippen LogP) is 4.11. The molecule has 1 amide bonds. The number of thiophene rings is 1. The molecule has 10 heteroatoms. The van der Waals surface area contributed by atoms with Gasteiger partial charge in [0, 0.05) is 29.4 Å². The Morgan fingerprint density at radius 2 is 2.24 bits per heavy atom. The van der Waals surface area contributed by atoms with Crippen molar-refractivity contribution in [1.29, 1.82) is 0 Å². The molecule has 0 radical (unpaired) electrons. The minimum atomic E-state index is 0.0384. The monoisotopic (exact) mass is 499 g/mol. The molecule has 1 aromatic carbocycles. The Hall–Kier alpha value is -2.56. The van der Waals surface area contributed by atoms with Gasteiger partial charge in [0.25, 0.3) is 0 Å². The maximum atomic E-state index is 13.3. The highest BCUT2D eigenvalue weighted by Crippen LogP contribution is 2.43. The molecule has 34 heavy (non-hydrogen) atoms. The minimum absolute atomic E-state index is 0.0384. The van der Waals surface area contributed by atoms with Crippen LogP contribution in [0.4, 0.5) is 17.2 Å². The van der Waals surface area contributed by atoms with Crippen LogP contribution in [0.5, 0.6) is 5.75 Å². The summed E-state index contributed by atoms with van der Waals surface area (Å²) in [6.45, 7) is 7.16. The summed E-state index contributed by atoms with van der Waals surface area (Å²) in [4.78, 5) is 29.8. The summed E-state index contributed by atoms with van der Waals surface area (Å²) in [5, 5.41) is 4.59. The molecule has 8 nitrogen and oxygen atoms in total. The standard InChI is InChI=1S/C24H30N6O2S2/c1-5-8-30(13(2)3)24(31)14-6-7-15-19(9-14)33-23-21(15)22(25-12-26-23)27-16-11-20-17(28-29-34-20)10-18(16)32-4/h10-14,28-29H,5-9H2,1-4H3,(H,25,26,27)/p+1/t14-/m0/s1. The second-order valence-corrected chi connectivity index (χ2v) is 11.0. The first-order valence-electron chi connectivity index (χ1n) is 11.8. The highest BCUT2D eigenvalue weighted by atomic mass is 32.2. The zero-order chi connectivity index (χ0) is 23.8. The molecule has 5 rings (SSSR count). The van der Waals surface area contributed by atoms with Crippen LogP contribution in [0.1, 0.15) is 44.1 Å². The van der Waals surface area contributed by atoms with E-state index < -0.39 is 0 Å². The molecule has 0 saturated heterocycles. The van der Waals surface area contributed by atoms with Gasteiger partial charge in [-0.1, -0.05) is 6.92 Å². The van der Waals surface area contributed by atoms with E-state index in [1.54, 1.807) is 36.7 Å². The van der Waals surface area contributed by atoms with E-state index in [-0.39, 0.29) is 17.9 Å². The molecule has 3 aromatic rings. The topological polar surface area (TPSA) is 96.0 Å². The van der Waals surface area contributed by atoms with Crippen LogP contribution in [0.2, 0.25) is 0 Å². The van der Waals surface area contributed by atoms with E-state index >= 15 is 0 Å². The van der Waals surface area contributed by atoms with Gasteiger partial charge >= 0.3 is 0 Å². The number of anilines is 3. The molecule has 2 aromatic heterocycles. The van der Waals surface area contributed by atoms with Crippen LogP contribution in [-0.4, -0.2) is 40.5 Å². The summed E-state index contributed by atoms with van der Waals surface area (Å²) in [5.41, 5.74) is 6.44. The minimum Gasteiger partial charge on any atom is -0.494 e. The number of rotatable bonds is 7. The van der Waals surface area contributed by atoms with Crippen LogP contribution in [0.25, 0.3) is 10.2 Å². The zero-order valence-electron chi connectivity index (χ0n) is 20.0. The second-order valence-electron chi connectivity index (χ2n) is 9.03. The lowest BCUT2D eigenvalue weighted by Crippen LogP contribution is -2.77. The van der Waals surface area contributed by atoms with Crippen molar-refractivity contribution in [3.8, 4) is 5.75 Å². The van der Waals surface area contributed by atoms with Crippen molar-refractivity contribution in [2.75, 3.05) is 24.4 Å². The summed E-state index contributed by atoms with van der Waals surface area (Å²) in [6, 6.07) is 4.32. The van der Waals surface area contributed by atoms with Crippen molar-refractivity contribution < 1.29 is 14.4 Å². The molecule has 4 N–H and O–H groups in total. The van der Waals surface area contributed by atoms with Crippen LogP contribution in [0.15, 0.2) is 23.4 Å². The van der Waals surface area contributed by atoms with E-state index in [4.69, 9.17) is 4.74 Å². The molecule has 2 aliphatic rings. The highest BCUT2D eigenvalue weighted by Gasteiger charge is 2.32. The quantitative estimate of drug-likeness (QED) is 0.333. The van der Waals surface area contributed by atoms with E-state index in [9.17, 15) is 4.79 Å². The number of nitrogens with two attached hydrogens (primary N) is 1. The van der Waals surface area contributed by atoms with Gasteiger partial charge < -0.3 is 15.0 Å². The normalized spacial score (nSPS) is 16.8. The number of aromatic nitrogens is 2. The number of carbonyl (C=O) groups excluding carboxylic acids is 1. The third-order valence-electron chi connectivity index (χ3n) is 6.52. The number of carbonyl (C=O) groups is 1. The van der Waals surface area contributed by atoms with Crippen molar-refractivity contribution in [1.82, 2.24) is 14.9 Å². The number of hydrogen-bond donors (Lipinski definition) is 3. The van der Waals surface area contributed by atoms with Gasteiger partial charge in [-0.15, -0.1) is 11.3 Å². The Kier molecular flexibility index (Phi) is 6.54. The fraction of sp³-hybridized carbons (Fsp3) is 0.458. The first kappa shape index (κ1) is 23.2. The summed E-state index contributed by atoms with van der Waals surface area (Å²) in [5.74, 6) is 1.88. The van der Waals surface area contributed by atoms with Crippen molar-refractivity contribution in [3.63, 3.8) is 0 Å². The fourth-order valence-corrected chi connectivity index (χ4v) is 6.85. The first-order chi connectivity index (χ1) is 16.5. The van der Waals surface area contributed by atoms with Gasteiger partial charge in [-0.3, -0.25) is 4.79 Å². The first-order valence-corrected chi connectivity index (χ1v) is 13.5. The summed E-state index contributed by atoms with van der Waals surface area (Å²) < 4.78 is 5.64. The Morgan fingerprint density at radius 3 is 3.00 bits per heavy atom. The van der Waals surface area contributed by atoms with Crippen molar-refractivity contribution in [3.05, 3.63) is 28.9 Å². The number of quaternary nitrogens is 1. The van der Waals surface area contributed by atoms with Gasteiger partial charge in [-0.05, 0) is 51.2 Å². The fourth-order valence-electron chi connectivity index (χ4n) is 4.83. The predicted molar refractivity (Wildman–Crippen MR) is 138 cm³/mol. The summed E-state index contributed by atoms with van der Waals surface area (Å²) >= 11 is 3.35. The Morgan fingerprint density at radius 1 is 1.38 bits per heavy atom. The smallest absolute Gasteiger partial charge is 0.226 e. The molecule has 1 aliphatic carbocycles. The van der Waals surface area contributed by atoms with Crippen LogP contribution in [0.3, 0.4) is 0 Å². The van der Waals surface area contributed by atoms with Crippen LogP contribution in [-0.2, 0) is 17.6 Å². The lowest BCUT2D eigenvalue weighted by Gasteiger charge is -2.32. The molecule has 0 saturated carbocycles. The zero-order valence-corrected chi connectivity index (χ0v) is 21.6. The number of benzene rings is 1.